The van der Waals surface area contributed by atoms with Crippen LogP contribution in [0, 0.1) is 5.92 Å². The fraction of sp³-hybridized carbons (Fsp3) is 0.417. The van der Waals surface area contributed by atoms with Crippen LogP contribution in [0.15, 0.2) is 64.5 Å². The first-order valence-electron chi connectivity index (χ1n) is 11.1. The number of hydrogen-bond donors (Lipinski definition) is 3. The third-order valence-electron chi connectivity index (χ3n) is 5.51. The van der Waals surface area contributed by atoms with Crippen molar-refractivity contribution in [3.63, 3.8) is 0 Å². The van der Waals surface area contributed by atoms with Crippen LogP contribution in [0.25, 0.3) is 0 Å². The highest BCUT2D eigenvalue weighted by Crippen LogP contribution is 2.23. The number of unbranched alkanes of at least 4 members (excludes halogenated alkanes) is 1. The Hall–Kier alpha value is -2.87. The molecular weight excluding hydrogens is 424 g/mol. The molecule has 2 atom stereocenters. The molecule has 1 amide bonds. The normalized spacial score (nSPS) is 17.4. The van der Waals surface area contributed by atoms with E-state index in [0.717, 1.165) is 18.5 Å². The number of carbonyl (C=O) groups excluding carboxylic acids is 1. The summed E-state index contributed by atoms with van der Waals surface area (Å²) in [4.78, 5) is 17.8. The number of sulfonamides is 1. The Morgan fingerprint density at radius 2 is 1.75 bits per heavy atom. The van der Waals surface area contributed by atoms with Gasteiger partial charge < -0.3 is 10.6 Å². The van der Waals surface area contributed by atoms with Crippen molar-refractivity contribution < 1.29 is 13.2 Å². The molecule has 2 unspecified atom stereocenters. The zero-order chi connectivity index (χ0) is 23.1. The lowest BCUT2D eigenvalue weighted by atomic mass is 10.0. The van der Waals surface area contributed by atoms with Crippen molar-refractivity contribution >= 4 is 27.5 Å². The fourth-order valence-corrected chi connectivity index (χ4v) is 4.81. The van der Waals surface area contributed by atoms with Crippen LogP contribution in [0.1, 0.15) is 45.6 Å². The highest BCUT2D eigenvalue weighted by atomic mass is 32.2. The van der Waals surface area contributed by atoms with Gasteiger partial charge >= 0.3 is 0 Å². The van der Waals surface area contributed by atoms with Crippen LogP contribution in [0.5, 0.6) is 0 Å². The van der Waals surface area contributed by atoms with Gasteiger partial charge in [-0.2, -0.15) is 0 Å². The Kier molecular flexibility index (Phi) is 7.90. The van der Waals surface area contributed by atoms with E-state index in [9.17, 15) is 13.2 Å². The number of anilines is 1. The monoisotopic (exact) mass is 456 g/mol. The molecule has 1 heterocycles. The van der Waals surface area contributed by atoms with Crippen molar-refractivity contribution in [1.82, 2.24) is 10.0 Å². The summed E-state index contributed by atoms with van der Waals surface area (Å²) < 4.78 is 27.3. The molecule has 1 aliphatic heterocycles. The quantitative estimate of drug-likeness (QED) is 0.509. The van der Waals surface area contributed by atoms with E-state index in [-0.39, 0.29) is 22.7 Å². The van der Waals surface area contributed by atoms with Crippen molar-refractivity contribution in [1.29, 1.82) is 0 Å². The molecule has 2 aromatic rings. The van der Waals surface area contributed by atoms with Crippen molar-refractivity contribution in [3.8, 4) is 0 Å². The number of amides is 1. The highest BCUT2D eigenvalue weighted by molar-refractivity contribution is 7.90. The molecule has 3 rings (SSSR count). The SMILES string of the molecule is CCCCC(N=C1NS(=O)(=O)c2ccccc21)C(=O)NCC(Nc1ccccc1)C(C)C. The second-order valence-corrected chi connectivity index (χ2v) is 9.99. The molecule has 0 aliphatic carbocycles. The van der Waals surface area contributed by atoms with E-state index in [0.29, 0.717) is 24.4 Å². The maximum atomic E-state index is 13.1. The largest absolute Gasteiger partial charge is 0.380 e. The lowest BCUT2D eigenvalue weighted by Gasteiger charge is -2.25. The minimum atomic E-state index is -3.64. The summed E-state index contributed by atoms with van der Waals surface area (Å²) in [6.07, 6.45) is 2.29. The van der Waals surface area contributed by atoms with E-state index in [4.69, 9.17) is 0 Å². The number of aliphatic imine (C=N–C) groups is 1. The Morgan fingerprint density at radius 1 is 1.06 bits per heavy atom. The van der Waals surface area contributed by atoms with Crippen LogP contribution < -0.4 is 15.4 Å². The molecule has 0 radical (unpaired) electrons. The number of amidine groups is 1. The first kappa shape index (κ1) is 23.8. The second-order valence-electron chi connectivity index (χ2n) is 8.34. The van der Waals surface area contributed by atoms with Gasteiger partial charge in [0.15, 0.2) is 0 Å². The van der Waals surface area contributed by atoms with Crippen LogP contribution in [0.4, 0.5) is 5.69 Å². The van der Waals surface area contributed by atoms with Gasteiger partial charge in [-0.1, -0.05) is 63.9 Å². The molecule has 172 valence electrons. The average Bonchev–Trinajstić information content (AvgIpc) is 3.04. The van der Waals surface area contributed by atoms with E-state index in [1.165, 1.54) is 0 Å². The lowest BCUT2D eigenvalue weighted by Crippen LogP contribution is -2.43. The van der Waals surface area contributed by atoms with Gasteiger partial charge in [0.05, 0.1) is 4.90 Å². The van der Waals surface area contributed by atoms with Crippen molar-refractivity contribution in [2.45, 2.75) is 57.0 Å². The molecule has 0 aromatic heterocycles. The van der Waals surface area contributed by atoms with Crippen LogP contribution >= 0.6 is 0 Å². The Morgan fingerprint density at radius 3 is 2.44 bits per heavy atom. The summed E-state index contributed by atoms with van der Waals surface area (Å²) in [6, 6.07) is 16.0. The zero-order valence-corrected chi connectivity index (χ0v) is 19.7. The minimum Gasteiger partial charge on any atom is -0.380 e. The van der Waals surface area contributed by atoms with Gasteiger partial charge in [-0.15, -0.1) is 0 Å². The van der Waals surface area contributed by atoms with Gasteiger partial charge in [-0.05, 0) is 36.6 Å². The standard InChI is InChI=1S/C24H32N4O3S/c1-4-5-14-20(27-23-19-13-9-10-15-22(19)32(30,31)28-23)24(29)25-16-21(17(2)3)26-18-11-7-6-8-12-18/h6-13,15,17,20-21,26H,4-5,14,16H2,1-3H3,(H,25,29)(H,27,28). The molecule has 8 heteroatoms. The molecule has 0 saturated carbocycles. The van der Waals surface area contributed by atoms with E-state index < -0.39 is 16.1 Å². The predicted molar refractivity (Wildman–Crippen MR) is 128 cm³/mol. The van der Waals surface area contributed by atoms with Gasteiger partial charge in [0.25, 0.3) is 10.0 Å². The number of rotatable bonds is 10. The van der Waals surface area contributed by atoms with Gasteiger partial charge in [0.1, 0.15) is 11.9 Å². The topological polar surface area (TPSA) is 99.7 Å². The van der Waals surface area contributed by atoms with Crippen molar-refractivity contribution in [3.05, 3.63) is 60.2 Å². The fourth-order valence-electron chi connectivity index (χ4n) is 3.57. The summed E-state index contributed by atoms with van der Waals surface area (Å²) >= 11 is 0. The summed E-state index contributed by atoms with van der Waals surface area (Å²) in [5.41, 5.74) is 1.51. The first-order valence-corrected chi connectivity index (χ1v) is 12.6. The van der Waals surface area contributed by atoms with Crippen LogP contribution in [-0.2, 0) is 14.8 Å². The zero-order valence-electron chi connectivity index (χ0n) is 18.8. The minimum absolute atomic E-state index is 0.0477. The molecule has 0 spiro atoms. The number of nitrogens with zero attached hydrogens (tertiary/aromatic N) is 1. The predicted octanol–water partition coefficient (Wildman–Crippen LogP) is 3.54. The molecule has 0 saturated heterocycles. The van der Waals surface area contributed by atoms with Crippen molar-refractivity contribution in [2.75, 3.05) is 11.9 Å². The van der Waals surface area contributed by atoms with E-state index >= 15 is 0 Å². The number of fused-ring (bicyclic) bond motifs is 1. The van der Waals surface area contributed by atoms with Gasteiger partial charge in [-0.3, -0.25) is 14.5 Å². The molecule has 0 bridgehead atoms. The summed E-state index contributed by atoms with van der Waals surface area (Å²) in [7, 11) is -3.64. The van der Waals surface area contributed by atoms with Gasteiger partial charge in [0.2, 0.25) is 5.91 Å². The van der Waals surface area contributed by atoms with E-state index in [1.54, 1.807) is 24.3 Å². The Bertz CT molecular complexity index is 1050. The number of carbonyl (C=O) groups is 1. The summed E-state index contributed by atoms with van der Waals surface area (Å²) in [6.45, 7) is 6.70. The number of hydrogen-bond acceptors (Lipinski definition) is 5. The third kappa shape index (κ3) is 5.88. The van der Waals surface area contributed by atoms with E-state index in [1.807, 2.05) is 37.3 Å². The van der Waals surface area contributed by atoms with E-state index in [2.05, 4.69) is 34.2 Å². The average molecular weight is 457 g/mol. The van der Waals surface area contributed by atoms with Gasteiger partial charge in [-0.25, -0.2) is 8.42 Å². The molecule has 7 nitrogen and oxygen atoms in total. The lowest BCUT2D eigenvalue weighted by molar-refractivity contribution is -0.122. The smallest absolute Gasteiger partial charge is 0.263 e. The second kappa shape index (κ2) is 10.6. The first-order chi connectivity index (χ1) is 15.3. The Labute approximate surface area is 190 Å². The third-order valence-corrected chi connectivity index (χ3v) is 6.91. The van der Waals surface area contributed by atoms with Crippen LogP contribution in [0.2, 0.25) is 0 Å². The molecule has 2 aromatic carbocycles. The molecule has 3 N–H and O–H groups in total. The molecule has 1 aliphatic rings. The molecular formula is C24H32N4O3S. The van der Waals surface area contributed by atoms with Crippen LogP contribution in [0.3, 0.4) is 0 Å². The maximum Gasteiger partial charge on any atom is 0.263 e. The summed E-state index contributed by atoms with van der Waals surface area (Å²) in [5, 5.41) is 6.50. The summed E-state index contributed by atoms with van der Waals surface area (Å²) in [5.74, 6) is 0.333. The van der Waals surface area contributed by atoms with Crippen molar-refractivity contribution in [2.24, 2.45) is 10.9 Å². The highest BCUT2D eigenvalue weighted by Gasteiger charge is 2.32. The molecule has 0 fully saturated rings. The maximum absolute atomic E-state index is 13.1. The number of nitrogens with one attached hydrogen (secondary N) is 3. The van der Waals surface area contributed by atoms with Gasteiger partial charge in [0, 0.05) is 23.8 Å². The Balaban J connectivity index is 1.74. The number of benzene rings is 2. The molecule has 32 heavy (non-hydrogen) atoms. The number of para-hydroxylation sites is 1. The van der Waals surface area contributed by atoms with Crippen LogP contribution in [-0.4, -0.2) is 38.8 Å².